The van der Waals surface area contributed by atoms with Crippen LogP contribution < -0.4 is 5.32 Å². The third-order valence-electron chi connectivity index (χ3n) is 4.42. The molecule has 0 bridgehead atoms. The zero-order chi connectivity index (χ0) is 18.4. The van der Waals surface area contributed by atoms with Crippen LogP contribution in [0.15, 0.2) is 18.2 Å². The first-order chi connectivity index (χ1) is 11.9. The van der Waals surface area contributed by atoms with Crippen LogP contribution in [0.3, 0.4) is 0 Å². The molecule has 1 heterocycles. The molecule has 2 rings (SSSR count). The van der Waals surface area contributed by atoms with Crippen molar-refractivity contribution in [3.05, 3.63) is 28.8 Å². The van der Waals surface area contributed by atoms with Gasteiger partial charge in [0.15, 0.2) is 0 Å². The van der Waals surface area contributed by atoms with Crippen LogP contribution in [0.1, 0.15) is 18.9 Å². The van der Waals surface area contributed by atoms with E-state index >= 15 is 0 Å². The second kappa shape index (κ2) is 9.17. The lowest BCUT2D eigenvalue weighted by molar-refractivity contribution is -0.134. The molecular weight excluding hydrogens is 342 g/mol. The van der Waals surface area contributed by atoms with E-state index in [1.807, 2.05) is 13.0 Å². The van der Waals surface area contributed by atoms with E-state index in [2.05, 4.69) is 17.1 Å². The molecule has 1 saturated heterocycles. The summed E-state index contributed by atoms with van der Waals surface area (Å²) in [5.74, 6) is -0.529. The van der Waals surface area contributed by atoms with Crippen molar-refractivity contribution in [2.45, 2.75) is 26.3 Å². The number of nitrogens with zero attached hydrogens (tertiary/aromatic N) is 2. The number of hydrogen-bond donors (Lipinski definition) is 1. The maximum atomic E-state index is 12.3. The molecule has 1 fully saturated rings. The van der Waals surface area contributed by atoms with Crippen molar-refractivity contribution >= 4 is 29.1 Å². The van der Waals surface area contributed by atoms with Gasteiger partial charge in [-0.15, -0.1) is 0 Å². The predicted molar refractivity (Wildman–Crippen MR) is 98.9 cm³/mol. The number of benzene rings is 1. The standard InChI is InChI=1S/C18H26ClN3O3/c1-13-4-5-15(19)10-16(13)20-17(23)11-18(24)21(3)12-14(2)22-6-8-25-9-7-22/h4-5,10,14H,6-9,11-12H2,1-3H3,(H,20,23). The summed E-state index contributed by atoms with van der Waals surface area (Å²) in [5.41, 5.74) is 1.54. The highest BCUT2D eigenvalue weighted by atomic mass is 35.5. The van der Waals surface area contributed by atoms with Crippen molar-refractivity contribution in [3.63, 3.8) is 0 Å². The van der Waals surface area contributed by atoms with Gasteiger partial charge in [-0.25, -0.2) is 0 Å². The smallest absolute Gasteiger partial charge is 0.233 e. The summed E-state index contributed by atoms with van der Waals surface area (Å²) in [6.07, 6.45) is -0.182. The fourth-order valence-electron chi connectivity index (χ4n) is 2.83. The number of hydrogen-bond acceptors (Lipinski definition) is 4. The van der Waals surface area contributed by atoms with E-state index in [-0.39, 0.29) is 24.3 Å². The maximum absolute atomic E-state index is 12.3. The van der Waals surface area contributed by atoms with Crippen LogP contribution in [0, 0.1) is 6.92 Å². The maximum Gasteiger partial charge on any atom is 0.233 e. The summed E-state index contributed by atoms with van der Waals surface area (Å²) in [6.45, 7) is 7.75. The Morgan fingerprint density at radius 1 is 1.36 bits per heavy atom. The molecule has 1 N–H and O–H groups in total. The Labute approximate surface area is 154 Å². The van der Waals surface area contributed by atoms with Gasteiger partial charge in [0.25, 0.3) is 0 Å². The van der Waals surface area contributed by atoms with Gasteiger partial charge in [0, 0.05) is 43.4 Å². The van der Waals surface area contributed by atoms with Crippen molar-refractivity contribution in [2.24, 2.45) is 0 Å². The first-order valence-corrected chi connectivity index (χ1v) is 8.86. The Bertz CT molecular complexity index is 618. The summed E-state index contributed by atoms with van der Waals surface area (Å²) < 4.78 is 5.34. The van der Waals surface area contributed by atoms with Gasteiger partial charge in [0.05, 0.1) is 13.2 Å². The van der Waals surface area contributed by atoms with Crippen molar-refractivity contribution in [1.82, 2.24) is 9.80 Å². The Morgan fingerprint density at radius 2 is 2.04 bits per heavy atom. The van der Waals surface area contributed by atoms with Gasteiger partial charge in [-0.2, -0.15) is 0 Å². The number of halogens is 1. The summed E-state index contributed by atoms with van der Waals surface area (Å²) in [4.78, 5) is 28.4. The largest absolute Gasteiger partial charge is 0.379 e. The zero-order valence-electron chi connectivity index (χ0n) is 15.0. The van der Waals surface area contributed by atoms with Crippen LogP contribution in [-0.4, -0.2) is 67.6 Å². The van der Waals surface area contributed by atoms with E-state index in [0.29, 0.717) is 17.3 Å². The molecule has 0 aromatic heterocycles. The fraction of sp³-hybridized carbons (Fsp3) is 0.556. The first-order valence-electron chi connectivity index (χ1n) is 8.48. The van der Waals surface area contributed by atoms with E-state index in [4.69, 9.17) is 16.3 Å². The Morgan fingerprint density at radius 3 is 2.72 bits per heavy atom. The van der Waals surface area contributed by atoms with Crippen molar-refractivity contribution in [1.29, 1.82) is 0 Å². The van der Waals surface area contributed by atoms with Crippen molar-refractivity contribution in [3.8, 4) is 0 Å². The molecule has 6 nitrogen and oxygen atoms in total. The highest BCUT2D eigenvalue weighted by Gasteiger charge is 2.21. The average Bonchev–Trinajstić information content (AvgIpc) is 2.58. The van der Waals surface area contributed by atoms with Gasteiger partial charge in [0.1, 0.15) is 6.42 Å². The lowest BCUT2D eigenvalue weighted by Gasteiger charge is -2.34. The molecule has 1 aromatic rings. The number of anilines is 1. The minimum Gasteiger partial charge on any atom is -0.379 e. The quantitative estimate of drug-likeness (QED) is 0.783. The molecule has 0 aliphatic carbocycles. The molecule has 7 heteroatoms. The Balaban J connectivity index is 1.83. The molecule has 0 saturated carbocycles. The van der Waals surface area contributed by atoms with E-state index < -0.39 is 0 Å². The molecule has 1 aliphatic rings. The van der Waals surface area contributed by atoms with E-state index in [1.165, 1.54) is 0 Å². The monoisotopic (exact) mass is 367 g/mol. The van der Waals surface area contributed by atoms with Crippen molar-refractivity contribution in [2.75, 3.05) is 45.2 Å². The Hall–Kier alpha value is -1.63. The zero-order valence-corrected chi connectivity index (χ0v) is 15.8. The Kier molecular flexibility index (Phi) is 7.23. The van der Waals surface area contributed by atoms with Gasteiger partial charge in [0.2, 0.25) is 11.8 Å². The summed E-state index contributed by atoms with van der Waals surface area (Å²) >= 11 is 5.95. The topological polar surface area (TPSA) is 61.9 Å². The minimum absolute atomic E-state index is 0.182. The average molecular weight is 368 g/mol. The molecule has 1 atom stereocenters. The van der Waals surface area contributed by atoms with Crippen LogP contribution in [0.2, 0.25) is 5.02 Å². The summed E-state index contributed by atoms with van der Waals surface area (Å²) in [6, 6.07) is 5.51. The van der Waals surface area contributed by atoms with E-state index in [0.717, 1.165) is 31.9 Å². The molecular formula is C18H26ClN3O3. The van der Waals surface area contributed by atoms with Crippen LogP contribution in [0.25, 0.3) is 0 Å². The van der Waals surface area contributed by atoms with Gasteiger partial charge in [-0.1, -0.05) is 17.7 Å². The number of carbonyl (C=O) groups is 2. The number of carbonyl (C=O) groups excluding carboxylic acids is 2. The van der Waals surface area contributed by atoms with Gasteiger partial charge < -0.3 is 15.0 Å². The molecule has 2 amide bonds. The first kappa shape index (κ1) is 19.7. The second-order valence-corrected chi connectivity index (χ2v) is 6.89. The van der Waals surface area contributed by atoms with Crippen LogP contribution in [0.4, 0.5) is 5.69 Å². The number of amides is 2. The van der Waals surface area contributed by atoms with Crippen LogP contribution in [-0.2, 0) is 14.3 Å². The number of ether oxygens (including phenoxy) is 1. The van der Waals surface area contributed by atoms with Crippen LogP contribution in [0.5, 0.6) is 0 Å². The number of likely N-dealkylation sites (N-methyl/N-ethyl adjacent to an activating group) is 1. The number of morpholine rings is 1. The summed E-state index contributed by atoms with van der Waals surface area (Å²) in [5, 5.41) is 3.30. The lowest BCUT2D eigenvalue weighted by atomic mass is 10.2. The minimum atomic E-state index is -0.332. The van der Waals surface area contributed by atoms with E-state index in [9.17, 15) is 9.59 Å². The molecule has 138 valence electrons. The van der Waals surface area contributed by atoms with Crippen LogP contribution >= 0.6 is 11.6 Å². The summed E-state index contributed by atoms with van der Waals surface area (Å²) in [7, 11) is 1.73. The highest BCUT2D eigenvalue weighted by molar-refractivity contribution is 6.31. The normalized spacial score (nSPS) is 16.3. The molecule has 25 heavy (non-hydrogen) atoms. The molecule has 0 spiro atoms. The van der Waals surface area contributed by atoms with Gasteiger partial charge in [-0.3, -0.25) is 14.5 Å². The van der Waals surface area contributed by atoms with Gasteiger partial charge >= 0.3 is 0 Å². The van der Waals surface area contributed by atoms with E-state index in [1.54, 1.807) is 24.1 Å². The number of aryl methyl sites for hydroxylation is 1. The molecule has 1 unspecified atom stereocenters. The molecule has 0 radical (unpaired) electrons. The fourth-order valence-corrected chi connectivity index (χ4v) is 3.00. The highest BCUT2D eigenvalue weighted by Crippen LogP contribution is 2.20. The molecule has 1 aromatic carbocycles. The second-order valence-electron chi connectivity index (χ2n) is 6.46. The third kappa shape index (κ3) is 5.99. The van der Waals surface area contributed by atoms with Crippen molar-refractivity contribution < 1.29 is 14.3 Å². The number of rotatable bonds is 6. The van der Waals surface area contributed by atoms with Gasteiger partial charge in [-0.05, 0) is 31.5 Å². The third-order valence-corrected chi connectivity index (χ3v) is 4.65. The molecule has 1 aliphatic heterocycles. The SMILES string of the molecule is Cc1ccc(Cl)cc1NC(=O)CC(=O)N(C)CC(C)N1CCOCC1. The number of nitrogens with one attached hydrogen (secondary N) is 1. The lowest BCUT2D eigenvalue weighted by Crippen LogP contribution is -2.48. The predicted octanol–water partition coefficient (Wildman–Crippen LogP) is 2.16.